The fraction of sp³-hybridized carbons (Fsp3) is 0.250. The third kappa shape index (κ3) is 3.39. The van der Waals surface area contributed by atoms with Crippen LogP contribution in [0.25, 0.3) is 0 Å². The van der Waals surface area contributed by atoms with Crippen molar-refractivity contribution in [3.8, 4) is 0 Å². The van der Waals surface area contributed by atoms with Crippen molar-refractivity contribution in [2.45, 2.75) is 6.04 Å². The molecule has 0 aromatic heterocycles. The van der Waals surface area contributed by atoms with Crippen LogP contribution in [0.3, 0.4) is 0 Å². The summed E-state index contributed by atoms with van der Waals surface area (Å²) in [6.45, 7) is 0. The summed E-state index contributed by atoms with van der Waals surface area (Å²) in [7, 11) is 5.76. The van der Waals surface area contributed by atoms with Gasteiger partial charge >= 0.3 is 0 Å². The Hall–Kier alpha value is -1.10. The first kappa shape index (κ1) is 16.3. The second-order valence-corrected chi connectivity index (χ2v) is 6.21. The molecule has 112 valence electrons. The largest absolute Gasteiger partial charge is 0.378 e. The Labute approximate surface area is 138 Å². The van der Waals surface area contributed by atoms with Crippen molar-refractivity contribution in [1.29, 1.82) is 0 Å². The molecule has 0 fully saturated rings. The van der Waals surface area contributed by atoms with Crippen molar-refractivity contribution in [3.63, 3.8) is 0 Å². The Morgan fingerprint density at radius 1 is 1.24 bits per heavy atom. The fourth-order valence-electron chi connectivity index (χ4n) is 2.25. The van der Waals surface area contributed by atoms with Gasteiger partial charge in [-0.25, -0.2) is 4.39 Å². The predicted molar refractivity (Wildman–Crippen MR) is 90.8 cm³/mol. The van der Waals surface area contributed by atoms with Crippen LogP contribution in [-0.4, -0.2) is 21.1 Å². The maximum atomic E-state index is 14.4. The number of nitrogens with zero attached hydrogens (tertiary/aromatic N) is 1. The maximum absolute atomic E-state index is 14.4. The molecule has 0 amide bonds. The zero-order valence-corrected chi connectivity index (χ0v) is 14.5. The smallest absolute Gasteiger partial charge is 0.148 e. The highest BCUT2D eigenvalue weighted by Crippen LogP contribution is 2.33. The lowest BCUT2D eigenvalue weighted by Crippen LogP contribution is -2.20. The second kappa shape index (κ2) is 6.77. The lowest BCUT2D eigenvalue weighted by Gasteiger charge is -2.21. The zero-order valence-electron chi connectivity index (χ0n) is 12.1. The van der Waals surface area contributed by atoms with Crippen molar-refractivity contribution >= 4 is 33.2 Å². The molecule has 2 aromatic carbocycles. The molecule has 2 rings (SSSR count). The Balaban J connectivity index is 2.50. The Bertz CT molecular complexity index is 646. The minimum atomic E-state index is -0.402. The summed E-state index contributed by atoms with van der Waals surface area (Å²) >= 11 is 9.23. The zero-order chi connectivity index (χ0) is 15.6. The van der Waals surface area contributed by atoms with Crippen LogP contribution in [0.5, 0.6) is 0 Å². The molecular formula is C16H17BrClFN2. The van der Waals surface area contributed by atoms with Gasteiger partial charge in [0.1, 0.15) is 5.82 Å². The predicted octanol–water partition coefficient (Wildman–Crippen LogP) is 4.62. The monoisotopic (exact) mass is 370 g/mol. The summed E-state index contributed by atoms with van der Waals surface area (Å²) in [4.78, 5) is 2.02. The maximum Gasteiger partial charge on any atom is 0.148 e. The van der Waals surface area contributed by atoms with Gasteiger partial charge in [-0.15, -0.1) is 0 Å². The SMILES string of the molecule is CNC(c1cccc(N(C)C)c1)c1ccc(Br)c(Cl)c1F. The van der Waals surface area contributed by atoms with E-state index in [-0.39, 0.29) is 11.1 Å². The van der Waals surface area contributed by atoms with Crippen molar-refractivity contribution in [2.75, 3.05) is 26.0 Å². The Kier molecular flexibility index (Phi) is 5.25. The lowest BCUT2D eigenvalue weighted by atomic mass is 9.98. The van der Waals surface area contributed by atoms with Gasteiger partial charge in [0.05, 0.1) is 11.1 Å². The molecule has 5 heteroatoms. The van der Waals surface area contributed by atoms with E-state index in [0.717, 1.165) is 11.3 Å². The van der Waals surface area contributed by atoms with Crippen molar-refractivity contribution in [3.05, 3.63) is 62.8 Å². The molecule has 0 heterocycles. The average Bonchev–Trinajstić information content (AvgIpc) is 2.48. The molecule has 0 aliphatic carbocycles. The molecule has 2 nitrogen and oxygen atoms in total. The second-order valence-electron chi connectivity index (χ2n) is 4.98. The van der Waals surface area contributed by atoms with E-state index in [1.165, 1.54) is 0 Å². The minimum Gasteiger partial charge on any atom is -0.378 e. The summed E-state index contributed by atoms with van der Waals surface area (Å²) in [6, 6.07) is 11.3. The van der Waals surface area contributed by atoms with Crippen LogP contribution in [-0.2, 0) is 0 Å². The molecule has 0 spiro atoms. The summed E-state index contributed by atoms with van der Waals surface area (Å²) in [5.74, 6) is -0.402. The standard InChI is InChI=1S/C16H17BrClFN2/c1-20-16(10-5-4-6-11(9-10)21(2)3)12-7-8-13(17)14(18)15(12)19/h4-9,16,20H,1-3H3. The minimum absolute atomic E-state index is 0.108. The first-order valence-electron chi connectivity index (χ1n) is 6.53. The van der Waals surface area contributed by atoms with Gasteiger partial charge in [-0.05, 0) is 46.7 Å². The molecule has 0 saturated heterocycles. The number of benzene rings is 2. The van der Waals surface area contributed by atoms with Gasteiger partial charge in [0.15, 0.2) is 0 Å². The first-order valence-corrected chi connectivity index (χ1v) is 7.70. The molecule has 1 unspecified atom stereocenters. The number of rotatable bonds is 4. The molecule has 0 aliphatic rings. The number of anilines is 1. The van der Waals surface area contributed by atoms with Gasteiger partial charge < -0.3 is 10.2 Å². The van der Waals surface area contributed by atoms with Gasteiger partial charge in [0.25, 0.3) is 0 Å². The molecule has 1 atom stereocenters. The van der Waals surface area contributed by atoms with Crippen molar-refractivity contribution in [1.82, 2.24) is 5.32 Å². The van der Waals surface area contributed by atoms with E-state index >= 15 is 0 Å². The van der Waals surface area contributed by atoms with Crippen molar-refractivity contribution in [2.24, 2.45) is 0 Å². The molecule has 0 bridgehead atoms. The highest BCUT2D eigenvalue weighted by Gasteiger charge is 2.19. The van der Waals surface area contributed by atoms with Crippen molar-refractivity contribution < 1.29 is 4.39 Å². The fourth-order valence-corrected chi connectivity index (χ4v) is 2.73. The van der Waals surface area contributed by atoms with E-state index in [4.69, 9.17) is 11.6 Å². The molecule has 21 heavy (non-hydrogen) atoms. The average molecular weight is 372 g/mol. The van der Waals surface area contributed by atoms with E-state index in [1.54, 1.807) is 12.1 Å². The van der Waals surface area contributed by atoms with E-state index in [1.807, 2.05) is 50.3 Å². The highest BCUT2D eigenvalue weighted by atomic mass is 79.9. The number of hydrogen-bond donors (Lipinski definition) is 1. The van der Waals surface area contributed by atoms with Crippen LogP contribution in [0.1, 0.15) is 17.2 Å². The summed E-state index contributed by atoms with van der Waals surface area (Å²) < 4.78 is 15.0. The van der Waals surface area contributed by atoms with Crippen LogP contribution in [0.4, 0.5) is 10.1 Å². The van der Waals surface area contributed by atoms with Crippen LogP contribution >= 0.6 is 27.5 Å². The summed E-state index contributed by atoms with van der Waals surface area (Å²) in [5.41, 5.74) is 2.58. The van der Waals surface area contributed by atoms with Crippen LogP contribution in [0.2, 0.25) is 5.02 Å². The number of nitrogens with one attached hydrogen (secondary N) is 1. The number of halogens is 3. The Morgan fingerprint density at radius 2 is 1.95 bits per heavy atom. The van der Waals surface area contributed by atoms with Gasteiger partial charge in [-0.1, -0.05) is 29.8 Å². The highest BCUT2D eigenvalue weighted by molar-refractivity contribution is 9.10. The van der Waals surface area contributed by atoms with Crippen LogP contribution < -0.4 is 10.2 Å². The van der Waals surface area contributed by atoms with Gasteiger partial charge in [0, 0.05) is 29.8 Å². The lowest BCUT2D eigenvalue weighted by molar-refractivity contribution is 0.576. The first-order chi connectivity index (χ1) is 9.95. The molecule has 0 saturated carbocycles. The van der Waals surface area contributed by atoms with E-state index in [9.17, 15) is 4.39 Å². The van der Waals surface area contributed by atoms with Gasteiger partial charge in [-0.2, -0.15) is 0 Å². The third-order valence-corrected chi connectivity index (χ3v) is 4.64. The molecular weight excluding hydrogens is 355 g/mol. The third-order valence-electron chi connectivity index (χ3n) is 3.38. The topological polar surface area (TPSA) is 15.3 Å². The van der Waals surface area contributed by atoms with Gasteiger partial charge in [-0.3, -0.25) is 0 Å². The Morgan fingerprint density at radius 3 is 2.57 bits per heavy atom. The van der Waals surface area contributed by atoms with Crippen LogP contribution in [0, 0.1) is 5.82 Å². The van der Waals surface area contributed by atoms with Crippen LogP contribution in [0.15, 0.2) is 40.9 Å². The molecule has 0 radical (unpaired) electrons. The summed E-state index contributed by atoms with van der Waals surface area (Å²) in [6.07, 6.45) is 0. The van der Waals surface area contributed by atoms with E-state index < -0.39 is 5.82 Å². The summed E-state index contributed by atoms with van der Waals surface area (Å²) in [5, 5.41) is 3.26. The normalized spacial score (nSPS) is 12.3. The van der Waals surface area contributed by atoms with Gasteiger partial charge in [0.2, 0.25) is 0 Å². The molecule has 1 N–H and O–H groups in total. The molecule has 0 aliphatic heterocycles. The van der Waals surface area contributed by atoms with E-state index in [0.29, 0.717) is 10.0 Å². The quantitative estimate of drug-likeness (QED) is 0.789. The molecule has 2 aromatic rings. The number of hydrogen-bond acceptors (Lipinski definition) is 2. The van der Waals surface area contributed by atoms with E-state index in [2.05, 4.69) is 21.2 Å².